The van der Waals surface area contributed by atoms with Crippen LogP contribution >= 0.6 is 0 Å². The van der Waals surface area contributed by atoms with Gasteiger partial charge in [-0.25, -0.2) is 9.78 Å². The Labute approximate surface area is 313 Å². The van der Waals surface area contributed by atoms with Crippen LogP contribution in [0, 0.1) is 0 Å². The number of para-hydroxylation sites is 1. The van der Waals surface area contributed by atoms with Crippen molar-refractivity contribution in [2.24, 2.45) is 7.05 Å². The summed E-state index contributed by atoms with van der Waals surface area (Å²) in [5.41, 5.74) is 1.09. The minimum absolute atomic E-state index is 0.0744. The van der Waals surface area contributed by atoms with Crippen molar-refractivity contribution in [2.45, 2.75) is 81.1 Å². The van der Waals surface area contributed by atoms with Gasteiger partial charge in [0.05, 0.1) is 28.2 Å². The lowest BCUT2D eigenvalue weighted by molar-refractivity contribution is -0.141. The number of hydrogen-bond donors (Lipinski definition) is 3. The van der Waals surface area contributed by atoms with Crippen LogP contribution in [-0.4, -0.2) is 76.9 Å². The minimum atomic E-state index is -4.66. The third kappa shape index (κ3) is 7.15. The average Bonchev–Trinajstić information content (AvgIpc) is 3.69. The zero-order valence-electron chi connectivity index (χ0n) is 30.2. The average molecular weight is 759 g/mol. The molecular formula is C39H41F3N8O5. The number of hydrogen-bond acceptors (Lipinski definition) is 8. The molecule has 2 aliphatic heterocycles. The number of piperidine rings is 2. The van der Waals surface area contributed by atoms with E-state index in [1.807, 2.05) is 23.0 Å². The molecule has 288 valence electrons. The summed E-state index contributed by atoms with van der Waals surface area (Å²) in [6.07, 6.45) is 2.08. The van der Waals surface area contributed by atoms with Crippen molar-refractivity contribution in [2.75, 3.05) is 25.0 Å². The predicted molar refractivity (Wildman–Crippen MR) is 196 cm³/mol. The van der Waals surface area contributed by atoms with Crippen LogP contribution in [-0.2, 0) is 22.8 Å². The maximum Gasteiger partial charge on any atom is 0.433 e. The van der Waals surface area contributed by atoms with Gasteiger partial charge in [-0.3, -0.25) is 33.5 Å². The van der Waals surface area contributed by atoms with Crippen molar-refractivity contribution in [1.29, 1.82) is 0 Å². The van der Waals surface area contributed by atoms with Gasteiger partial charge in [0.1, 0.15) is 17.4 Å². The first-order valence-corrected chi connectivity index (χ1v) is 18.6. The molecule has 3 aromatic heterocycles. The van der Waals surface area contributed by atoms with Crippen molar-refractivity contribution in [3.05, 3.63) is 88.2 Å². The Balaban J connectivity index is 0.875. The van der Waals surface area contributed by atoms with E-state index < -0.39 is 35.3 Å². The number of nitrogens with zero attached hydrogens (tertiary/aromatic N) is 6. The minimum Gasteiger partial charge on any atom is -0.389 e. The number of nitrogens with one attached hydrogen (secondary N) is 2. The highest BCUT2D eigenvalue weighted by molar-refractivity contribution is 6.04. The number of anilines is 1. The summed E-state index contributed by atoms with van der Waals surface area (Å²) in [6.45, 7) is 2.15. The van der Waals surface area contributed by atoms with Gasteiger partial charge in [-0.05, 0) is 106 Å². The van der Waals surface area contributed by atoms with Crippen LogP contribution in [0.3, 0.4) is 0 Å². The molecule has 2 aromatic carbocycles. The zero-order valence-corrected chi connectivity index (χ0v) is 30.2. The fraction of sp³-hybridized carbons (Fsp3) is 0.436. The lowest BCUT2D eigenvalue weighted by atomic mass is 9.81. The zero-order chi connectivity index (χ0) is 38.6. The predicted octanol–water partition coefficient (Wildman–Crippen LogP) is 5.06. The van der Waals surface area contributed by atoms with Gasteiger partial charge < -0.3 is 15.3 Å². The summed E-state index contributed by atoms with van der Waals surface area (Å²) < 4.78 is 44.3. The number of imidazole rings is 1. The molecule has 13 nitrogen and oxygen atoms in total. The van der Waals surface area contributed by atoms with Crippen molar-refractivity contribution >= 4 is 45.3 Å². The van der Waals surface area contributed by atoms with E-state index in [0.29, 0.717) is 36.1 Å². The van der Waals surface area contributed by atoms with Gasteiger partial charge in [0.25, 0.3) is 5.91 Å². The Morgan fingerprint density at radius 1 is 1.00 bits per heavy atom. The molecule has 55 heavy (non-hydrogen) atoms. The number of rotatable bonds is 7. The molecule has 2 saturated heterocycles. The molecule has 16 heteroatoms. The van der Waals surface area contributed by atoms with Crippen LogP contribution < -0.4 is 16.3 Å². The quantitative estimate of drug-likeness (QED) is 0.195. The molecule has 8 rings (SSSR count). The summed E-state index contributed by atoms with van der Waals surface area (Å²) in [4.78, 5) is 56.3. The van der Waals surface area contributed by atoms with Crippen molar-refractivity contribution < 1.29 is 32.7 Å². The fourth-order valence-electron chi connectivity index (χ4n) is 8.63. The number of pyridine rings is 1. The molecule has 1 saturated carbocycles. The second-order valence-electron chi connectivity index (χ2n) is 15.1. The maximum atomic E-state index is 13.4. The molecule has 1 atom stereocenters. The second kappa shape index (κ2) is 14.1. The van der Waals surface area contributed by atoms with E-state index in [4.69, 9.17) is 5.10 Å². The molecule has 3 amide bonds. The first-order valence-electron chi connectivity index (χ1n) is 18.6. The summed E-state index contributed by atoms with van der Waals surface area (Å²) in [7, 11) is 1.73. The molecule has 3 aliphatic rings. The number of β-amino-alcohol motifs (C(OH)–C–C–N with tert-alkyl or cyclic N) is 1. The molecule has 1 unspecified atom stereocenters. The molecule has 3 N–H and O–H groups in total. The van der Waals surface area contributed by atoms with Gasteiger partial charge in [-0.1, -0.05) is 18.2 Å². The van der Waals surface area contributed by atoms with Crippen LogP contribution in [0.15, 0.2) is 65.6 Å². The van der Waals surface area contributed by atoms with E-state index in [1.54, 1.807) is 29.8 Å². The molecule has 0 bridgehead atoms. The van der Waals surface area contributed by atoms with Crippen LogP contribution in [0.5, 0.6) is 0 Å². The largest absolute Gasteiger partial charge is 0.433 e. The number of halogens is 3. The highest BCUT2D eigenvalue weighted by Gasteiger charge is 2.38. The molecule has 3 fully saturated rings. The maximum absolute atomic E-state index is 13.4. The lowest BCUT2D eigenvalue weighted by Gasteiger charge is -2.41. The van der Waals surface area contributed by atoms with E-state index >= 15 is 0 Å². The SMILES string of the molecule is Cn1c(=O)n(C2CCC(=O)NC2=O)c2cccc(C3CCN(CC4(O)CCC(n5cc6cc(NC(=O)c7cccc(C(F)(F)F)n7)ccc6n5)CC4)CC3)c21. The Hall–Kier alpha value is -5.35. The van der Waals surface area contributed by atoms with E-state index in [-0.39, 0.29) is 42.1 Å². The van der Waals surface area contributed by atoms with Crippen LogP contribution in [0.1, 0.15) is 91.1 Å². The van der Waals surface area contributed by atoms with Gasteiger partial charge in [-0.15, -0.1) is 0 Å². The topological polar surface area (TPSA) is 156 Å². The number of fused-ring (bicyclic) bond motifs is 2. The number of benzene rings is 2. The van der Waals surface area contributed by atoms with Crippen molar-refractivity contribution in [1.82, 2.24) is 34.1 Å². The van der Waals surface area contributed by atoms with Crippen molar-refractivity contribution in [3.8, 4) is 0 Å². The van der Waals surface area contributed by atoms with Gasteiger partial charge in [0.15, 0.2) is 0 Å². The number of aryl methyl sites for hydroxylation is 1. The lowest BCUT2D eigenvalue weighted by Crippen LogP contribution is -2.48. The number of amides is 3. The summed E-state index contributed by atoms with van der Waals surface area (Å²) in [5.74, 6) is -1.33. The number of alkyl halides is 3. The van der Waals surface area contributed by atoms with Crippen LogP contribution in [0.4, 0.5) is 18.9 Å². The van der Waals surface area contributed by atoms with E-state index in [2.05, 4.69) is 26.6 Å². The van der Waals surface area contributed by atoms with Gasteiger partial charge >= 0.3 is 11.9 Å². The normalized spacial score (nSPS) is 23.0. The number of carbonyl (C=O) groups is 3. The van der Waals surface area contributed by atoms with Crippen molar-refractivity contribution in [3.63, 3.8) is 0 Å². The molecule has 5 heterocycles. The molecular weight excluding hydrogens is 717 g/mol. The Morgan fingerprint density at radius 3 is 2.47 bits per heavy atom. The van der Waals surface area contributed by atoms with E-state index in [0.717, 1.165) is 67.4 Å². The number of aliphatic hydroxyl groups is 1. The number of carbonyl (C=O) groups excluding carboxylic acids is 3. The first kappa shape index (κ1) is 36.6. The van der Waals surface area contributed by atoms with Gasteiger partial charge in [0, 0.05) is 37.3 Å². The Kier molecular flexibility index (Phi) is 9.36. The van der Waals surface area contributed by atoms with Gasteiger partial charge in [0.2, 0.25) is 11.8 Å². The van der Waals surface area contributed by atoms with E-state index in [9.17, 15) is 37.5 Å². The molecule has 0 radical (unpaired) electrons. The molecule has 0 spiro atoms. The first-order chi connectivity index (χ1) is 26.3. The number of imide groups is 1. The third-order valence-corrected chi connectivity index (χ3v) is 11.5. The Bertz CT molecular complexity index is 2370. The van der Waals surface area contributed by atoms with E-state index in [1.165, 1.54) is 10.6 Å². The summed E-state index contributed by atoms with van der Waals surface area (Å²) in [6, 6.07) is 13.5. The van der Waals surface area contributed by atoms with Crippen LogP contribution in [0.2, 0.25) is 0 Å². The second-order valence-corrected chi connectivity index (χ2v) is 15.1. The number of aromatic nitrogens is 5. The smallest absolute Gasteiger partial charge is 0.389 e. The third-order valence-electron chi connectivity index (χ3n) is 11.5. The highest BCUT2D eigenvalue weighted by atomic mass is 19.4. The molecule has 1 aliphatic carbocycles. The number of likely N-dealkylation sites (tertiary alicyclic amines) is 1. The highest BCUT2D eigenvalue weighted by Crippen LogP contribution is 2.39. The monoisotopic (exact) mass is 758 g/mol. The fourth-order valence-corrected chi connectivity index (χ4v) is 8.63. The summed E-state index contributed by atoms with van der Waals surface area (Å²) >= 11 is 0. The van der Waals surface area contributed by atoms with Gasteiger partial charge in [-0.2, -0.15) is 18.3 Å². The Morgan fingerprint density at radius 2 is 1.75 bits per heavy atom. The van der Waals surface area contributed by atoms with Crippen LogP contribution in [0.25, 0.3) is 21.9 Å². The standard InChI is InChI=1S/C39H41F3N8O5/c1-47-34-27(4-2-6-30(34)50(37(47)54)31-10-11-33(51)45-36(31)53)23-14-18-48(19-15-23)22-38(55)16-12-26(13-17-38)49-21-24-20-25(8-9-28(24)46-49)43-35(52)29-5-3-7-32(44-29)39(40,41)42/h2-9,20-21,23,26,31,55H,10-19,22H2,1H3,(H,43,52)(H,45,51,53). The summed E-state index contributed by atoms with van der Waals surface area (Å²) in [5, 5.41) is 22.2. The molecule has 5 aromatic rings.